The number of nitrogens with zero attached hydrogens (tertiary/aromatic N) is 4. The van der Waals surface area contributed by atoms with Gasteiger partial charge >= 0.3 is 0 Å². The quantitative estimate of drug-likeness (QED) is 0.595. The molecule has 0 atom stereocenters. The first-order chi connectivity index (χ1) is 11.4. The second-order valence-corrected chi connectivity index (χ2v) is 7.22. The van der Waals surface area contributed by atoms with Crippen LogP contribution in [0.4, 0.5) is 0 Å². The first kappa shape index (κ1) is 13.2. The molecule has 116 valence electrons. The Morgan fingerprint density at radius 1 is 1.09 bits per heavy atom. The first-order valence-corrected chi connectivity index (χ1v) is 9.00. The maximum atomic E-state index is 4.79. The number of H-pyrrole nitrogens is 1. The van der Waals surface area contributed by atoms with Gasteiger partial charge in [0.25, 0.3) is 0 Å². The molecule has 0 spiro atoms. The van der Waals surface area contributed by atoms with E-state index in [4.69, 9.17) is 5.10 Å². The first-order valence-electron chi connectivity index (χ1n) is 8.19. The van der Waals surface area contributed by atoms with Crippen LogP contribution < -0.4 is 0 Å². The Kier molecular flexibility index (Phi) is 2.97. The SMILES string of the molecule is c1ccc2[nH]c(-c3nn4c(C5CCCCC5)nnc4s3)cc2c1. The third kappa shape index (κ3) is 2.16. The predicted molar refractivity (Wildman–Crippen MR) is 91.8 cm³/mol. The number of aromatic nitrogens is 5. The highest BCUT2D eigenvalue weighted by molar-refractivity contribution is 7.19. The van der Waals surface area contributed by atoms with E-state index >= 15 is 0 Å². The number of nitrogens with one attached hydrogen (secondary N) is 1. The van der Waals surface area contributed by atoms with Gasteiger partial charge in [-0.25, -0.2) is 0 Å². The lowest BCUT2D eigenvalue weighted by atomic mass is 9.89. The molecule has 1 N–H and O–H groups in total. The maximum absolute atomic E-state index is 4.79. The average molecular weight is 323 g/mol. The maximum Gasteiger partial charge on any atom is 0.235 e. The zero-order chi connectivity index (χ0) is 15.2. The number of para-hydroxylation sites is 1. The molecule has 4 aromatic rings. The minimum Gasteiger partial charge on any atom is -0.353 e. The fraction of sp³-hybridized carbons (Fsp3) is 0.353. The molecule has 1 aliphatic carbocycles. The number of hydrogen-bond donors (Lipinski definition) is 1. The highest BCUT2D eigenvalue weighted by Gasteiger charge is 2.23. The largest absolute Gasteiger partial charge is 0.353 e. The highest BCUT2D eigenvalue weighted by atomic mass is 32.1. The molecule has 23 heavy (non-hydrogen) atoms. The van der Waals surface area contributed by atoms with Crippen LogP contribution in [0, 0.1) is 0 Å². The van der Waals surface area contributed by atoms with Crippen LogP contribution in [0.1, 0.15) is 43.8 Å². The minimum absolute atomic E-state index is 0.511. The number of rotatable bonds is 2. The lowest BCUT2D eigenvalue weighted by Gasteiger charge is -2.18. The Balaban J connectivity index is 1.58. The second kappa shape index (κ2) is 5.16. The van der Waals surface area contributed by atoms with E-state index in [2.05, 4.69) is 39.4 Å². The van der Waals surface area contributed by atoms with Crippen molar-refractivity contribution in [1.82, 2.24) is 24.8 Å². The van der Waals surface area contributed by atoms with Crippen LogP contribution in [-0.2, 0) is 0 Å². The van der Waals surface area contributed by atoms with Gasteiger partial charge in [-0.1, -0.05) is 48.8 Å². The predicted octanol–water partition coefficient (Wildman–Crippen LogP) is 4.38. The van der Waals surface area contributed by atoms with Crippen molar-refractivity contribution in [3.8, 4) is 10.7 Å². The Labute approximate surface area is 137 Å². The standard InChI is InChI=1S/C17H17N5S/c1-2-6-11(7-3-1)15-19-20-17-22(15)21-16(23-17)14-10-12-8-4-5-9-13(12)18-14/h4-5,8-11,18H,1-3,6-7H2. The molecule has 0 unspecified atom stereocenters. The lowest BCUT2D eigenvalue weighted by molar-refractivity contribution is 0.423. The summed E-state index contributed by atoms with van der Waals surface area (Å²) in [7, 11) is 0. The fourth-order valence-corrected chi connectivity index (χ4v) is 4.36. The van der Waals surface area contributed by atoms with Gasteiger partial charge in [0.15, 0.2) is 10.8 Å². The Hall–Kier alpha value is -2.21. The molecule has 3 heterocycles. The topological polar surface area (TPSA) is 58.9 Å². The molecule has 5 nitrogen and oxygen atoms in total. The van der Waals surface area contributed by atoms with E-state index in [-0.39, 0.29) is 0 Å². The van der Waals surface area contributed by atoms with Crippen molar-refractivity contribution >= 4 is 27.2 Å². The molecular weight excluding hydrogens is 306 g/mol. The summed E-state index contributed by atoms with van der Waals surface area (Å²) in [4.78, 5) is 4.34. The smallest absolute Gasteiger partial charge is 0.235 e. The lowest BCUT2D eigenvalue weighted by Crippen LogP contribution is -2.09. The van der Waals surface area contributed by atoms with Gasteiger partial charge in [-0.3, -0.25) is 0 Å². The van der Waals surface area contributed by atoms with Crippen LogP contribution in [0.15, 0.2) is 30.3 Å². The highest BCUT2D eigenvalue weighted by Crippen LogP contribution is 2.34. The molecule has 1 fully saturated rings. The van der Waals surface area contributed by atoms with Gasteiger partial charge < -0.3 is 4.98 Å². The van der Waals surface area contributed by atoms with E-state index in [1.54, 1.807) is 11.3 Å². The Morgan fingerprint density at radius 2 is 1.96 bits per heavy atom. The van der Waals surface area contributed by atoms with Gasteiger partial charge in [-0.15, -0.1) is 10.2 Å². The number of benzene rings is 1. The molecule has 1 aromatic carbocycles. The molecule has 5 rings (SSSR count). The van der Waals surface area contributed by atoms with Crippen molar-refractivity contribution in [3.05, 3.63) is 36.2 Å². The molecule has 3 aromatic heterocycles. The summed E-state index contributed by atoms with van der Waals surface area (Å²) in [5, 5.41) is 15.7. The van der Waals surface area contributed by atoms with E-state index in [0.29, 0.717) is 5.92 Å². The fourth-order valence-electron chi connectivity index (χ4n) is 3.54. The third-order valence-corrected chi connectivity index (χ3v) is 5.68. The van der Waals surface area contributed by atoms with Crippen molar-refractivity contribution in [2.75, 3.05) is 0 Å². The second-order valence-electron chi connectivity index (χ2n) is 6.26. The van der Waals surface area contributed by atoms with Crippen molar-refractivity contribution in [3.63, 3.8) is 0 Å². The summed E-state index contributed by atoms with van der Waals surface area (Å²) in [6.45, 7) is 0. The van der Waals surface area contributed by atoms with Gasteiger partial charge in [-0.2, -0.15) is 9.61 Å². The van der Waals surface area contributed by atoms with Crippen LogP contribution in [0.2, 0.25) is 0 Å². The minimum atomic E-state index is 0.511. The van der Waals surface area contributed by atoms with E-state index in [9.17, 15) is 0 Å². The number of hydrogen-bond acceptors (Lipinski definition) is 4. The van der Waals surface area contributed by atoms with Gasteiger partial charge in [-0.05, 0) is 25.0 Å². The van der Waals surface area contributed by atoms with Gasteiger partial charge in [0, 0.05) is 16.8 Å². The van der Waals surface area contributed by atoms with Crippen molar-refractivity contribution in [2.45, 2.75) is 38.0 Å². The Morgan fingerprint density at radius 3 is 2.83 bits per heavy atom. The summed E-state index contributed by atoms with van der Waals surface area (Å²) in [5.74, 6) is 1.55. The third-order valence-electron chi connectivity index (χ3n) is 4.75. The molecule has 6 heteroatoms. The van der Waals surface area contributed by atoms with E-state index in [0.717, 1.165) is 27.0 Å². The average Bonchev–Trinajstić information content (AvgIpc) is 3.28. The summed E-state index contributed by atoms with van der Waals surface area (Å²) >= 11 is 1.60. The van der Waals surface area contributed by atoms with E-state index in [1.807, 2.05) is 10.6 Å². The molecule has 1 saturated carbocycles. The van der Waals surface area contributed by atoms with Crippen LogP contribution in [0.25, 0.3) is 26.6 Å². The summed E-state index contributed by atoms with van der Waals surface area (Å²) < 4.78 is 1.96. The van der Waals surface area contributed by atoms with E-state index < -0.39 is 0 Å². The van der Waals surface area contributed by atoms with Crippen molar-refractivity contribution in [1.29, 1.82) is 0 Å². The van der Waals surface area contributed by atoms with Gasteiger partial charge in [0.2, 0.25) is 4.96 Å². The van der Waals surface area contributed by atoms with Crippen molar-refractivity contribution < 1.29 is 0 Å². The number of fused-ring (bicyclic) bond motifs is 2. The van der Waals surface area contributed by atoms with Crippen molar-refractivity contribution in [2.24, 2.45) is 0 Å². The van der Waals surface area contributed by atoms with Crippen LogP contribution in [0.3, 0.4) is 0 Å². The molecule has 1 aliphatic rings. The van der Waals surface area contributed by atoms with Crippen LogP contribution in [0.5, 0.6) is 0 Å². The molecule has 0 aliphatic heterocycles. The summed E-state index contributed by atoms with van der Waals surface area (Å²) in [5.41, 5.74) is 2.19. The zero-order valence-corrected chi connectivity index (χ0v) is 13.5. The molecule has 0 bridgehead atoms. The van der Waals surface area contributed by atoms with E-state index in [1.165, 1.54) is 37.5 Å². The molecular formula is C17H17N5S. The van der Waals surface area contributed by atoms with Gasteiger partial charge in [0.05, 0.1) is 5.69 Å². The molecule has 0 radical (unpaired) electrons. The molecule has 0 amide bonds. The summed E-state index contributed by atoms with van der Waals surface area (Å²) in [6, 6.07) is 10.5. The normalized spacial score (nSPS) is 16.5. The summed E-state index contributed by atoms with van der Waals surface area (Å²) in [6.07, 6.45) is 6.34. The van der Waals surface area contributed by atoms with Crippen LogP contribution >= 0.6 is 11.3 Å². The zero-order valence-electron chi connectivity index (χ0n) is 12.7. The van der Waals surface area contributed by atoms with Crippen LogP contribution in [-0.4, -0.2) is 24.8 Å². The Bertz CT molecular complexity index is 940. The number of aromatic amines is 1. The monoisotopic (exact) mass is 323 g/mol. The molecule has 0 saturated heterocycles. The van der Waals surface area contributed by atoms with Gasteiger partial charge in [0.1, 0.15) is 0 Å².